The number of nitrogens with two attached hydrogens (primary N) is 1. The van der Waals surface area contributed by atoms with Gasteiger partial charge in [0.2, 0.25) is 11.8 Å². The highest BCUT2D eigenvalue weighted by Crippen LogP contribution is 2.28. The van der Waals surface area contributed by atoms with Crippen LogP contribution in [0.4, 0.5) is 5.69 Å². The number of fused-ring (bicyclic) bond motifs is 1. The number of rotatable bonds is 4. The standard InChI is InChI=1S/C17H15N3O4/c18-15(21)9-14-17(23)19-13-7-6-11(8-12(13)16(22)20-14)24-10-4-2-1-3-5-10/h1-8,14H,9H2,(H2,18,21)(H,19,23)(H,20,22). The van der Waals surface area contributed by atoms with Gasteiger partial charge in [0.05, 0.1) is 17.7 Å². The highest BCUT2D eigenvalue weighted by Gasteiger charge is 2.29. The molecule has 0 aliphatic carbocycles. The molecule has 7 nitrogen and oxygen atoms in total. The monoisotopic (exact) mass is 325 g/mol. The van der Waals surface area contributed by atoms with Crippen LogP contribution in [-0.2, 0) is 9.59 Å². The number of anilines is 1. The van der Waals surface area contributed by atoms with Crippen LogP contribution in [0.1, 0.15) is 16.8 Å². The fourth-order valence-corrected chi connectivity index (χ4v) is 2.37. The average Bonchev–Trinajstić information content (AvgIpc) is 2.66. The summed E-state index contributed by atoms with van der Waals surface area (Å²) in [5, 5.41) is 5.11. The second-order valence-corrected chi connectivity index (χ2v) is 5.31. The Hall–Kier alpha value is -3.35. The maximum Gasteiger partial charge on any atom is 0.254 e. The van der Waals surface area contributed by atoms with E-state index in [9.17, 15) is 14.4 Å². The molecule has 24 heavy (non-hydrogen) atoms. The third kappa shape index (κ3) is 3.35. The van der Waals surface area contributed by atoms with Crippen LogP contribution in [0.25, 0.3) is 0 Å². The van der Waals surface area contributed by atoms with E-state index in [2.05, 4.69) is 10.6 Å². The predicted molar refractivity (Wildman–Crippen MR) is 86.7 cm³/mol. The van der Waals surface area contributed by atoms with E-state index in [4.69, 9.17) is 10.5 Å². The van der Waals surface area contributed by atoms with Crippen LogP contribution >= 0.6 is 0 Å². The molecule has 3 amide bonds. The molecule has 1 atom stereocenters. The van der Waals surface area contributed by atoms with Gasteiger partial charge in [-0.15, -0.1) is 0 Å². The first-order chi connectivity index (χ1) is 11.5. The summed E-state index contributed by atoms with van der Waals surface area (Å²) in [4.78, 5) is 35.4. The third-order valence-electron chi connectivity index (χ3n) is 3.50. The highest BCUT2D eigenvalue weighted by molar-refractivity contribution is 6.10. The largest absolute Gasteiger partial charge is 0.457 e. The molecule has 0 saturated heterocycles. The van der Waals surface area contributed by atoms with Crippen molar-refractivity contribution in [3.05, 3.63) is 54.1 Å². The normalized spacial score (nSPS) is 16.4. The van der Waals surface area contributed by atoms with E-state index < -0.39 is 23.8 Å². The average molecular weight is 325 g/mol. The molecule has 0 spiro atoms. The maximum absolute atomic E-state index is 12.3. The minimum atomic E-state index is -0.999. The van der Waals surface area contributed by atoms with Crippen LogP contribution in [0.2, 0.25) is 0 Å². The zero-order valence-electron chi connectivity index (χ0n) is 12.6. The molecule has 4 N–H and O–H groups in total. The van der Waals surface area contributed by atoms with Crippen LogP contribution in [0.15, 0.2) is 48.5 Å². The Balaban J connectivity index is 1.86. The Labute approximate surface area is 137 Å². The summed E-state index contributed by atoms with van der Waals surface area (Å²) in [6, 6.07) is 12.9. The summed E-state index contributed by atoms with van der Waals surface area (Å²) in [5.74, 6) is -0.555. The molecule has 0 fully saturated rings. The van der Waals surface area contributed by atoms with Crippen LogP contribution in [0.3, 0.4) is 0 Å². The molecule has 1 unspecified atom stereocenters. The smallest absolute Gasteiger partial charge is 0.254 e. The first kappa shape index (κ1) is 15.5. The number of para-hydroxylation sites is 1. The summed E-state index contributed by atoms with van der Waals surface area (Å²) in [5.41, 5.74) is 5.71. The van der Waals surface area contributed by atoms with Crippen molar-refractivity contribution >= 4 is 23.4 Å². The molecule has 0 bridgehead atoms. The Morgan fingerprint density at radius 2 is 1.83 bits per heavy atom. The van der Waals surface area contributed by atoms with Crippen molar-refractivity contribution in [3.8, 4) is 11.5 Å². The van der Waals surface area contributed by atoms with Crippen molar-refractivity contribution in [1.82, 2.24) is 5.32 Å². The quantitative estimate of drug-likeness (QED) is 0.789. The molecule has 1 aliphatic rings. The number of ether oxygens (including phenoxy) is 1. The first-order valence-corrected chi connectivity index (χ1v) is 7.30. The maximum atomic E-state index is 12.3. The van der Waals surface area contributed by atoms with E-state index in [-0.39, 0.29) is 12.0 Å². The number of hydrogen-bond donors (Lipinski definition) is 3. The summed E-state index contributed by atoms with van der Waals surface area (Å²) in [7, 11) is 0. The molecule has 122 valence electrons. The number of carbonyl (C=O) groups excluding carboxylic acids is 3. The van der Waals surface area contributed by atoms with E-state index in [0.29, 0.717) is 17.2 Å². The van der Waals surface area contributed by atoms with Gasteiger partial charge in [0, 0.05) is 0 Å². The summed E-state index contributed by atoms with van der Waals surface area (Å²) in [6.07, 6.45) is -0.265. The van der Waals surface area contributed by atoms with Gasteiger partial charge in [-0.2, -0.15) is 0 Å². The minimum absolute atomic E-state index is 0.253. The van der Waals surface area contributed by atoms with Crippen molar-refractivity contribution in [2.75, 3.05) is 5.32 Å². The molecule has 0 radical (unpaired) electrons. The van der Waals surface area contributed by atoms with E-state index in [1.165, 1.54) is 6.07 Å². The number of primary amides is 1. The molecule has 1 aliphatic heterocycles. The molecule has 7 heteroatoms. The minimum Gasteiger partial charge on any atom is -0.457 e. The van der Waals surface area contributed by atoms with Crippen LogP contribution < -0.4 is 21.1 Å². The van der Waals surface area contributed by atoms with Gasteiger partial charge in [-0.25, -0.2) is 0 Å². The van der Waals surface area contributed by atoms with E-state index >= 15 is 0 Å². The lowest BCUT2D eigenvalue weighted by Crippen LogP contribution is -2.43. The second kappa shape index (κ2) is 6.41. The van der Waals surface area contributed by atoms with Crippen LogP contribution in [0.5, 0.6) is 11.5 Å². The fourth-order valence-electron chi connectivity index (χ4n) is 2.37. The van der Waals surface area contributed by atoms with Gasteiger partial charge in [-0.1, -0.05) is 18.2 Å². The van der Waals surface area contributed by atoms with E-state index in [1.807, 2.05) is 18.2 Å². The summed E-state index contributed by atoms with van der Waals surface area (Å²) in [6.45, 7) is 0. The van der Waals surface area contributed by atoms with Crippen molar-refractivity contribution in [1.29, 1.82) is 0 Å². The van der Waals surface area contributed by atoms with Gasteiger partial charge in [-0.05, 0) is 30.3 Å². The predicted octanol–water partition coefficient (Wildman–Crippen LogP) is 1.40. The van der Waals surface area contributed by atoms with Gasteiger partial charge in [0.15, 0.2) is 0 Å². The van der Waals surface area contributed by atoms with Gasteiger partial charge >= 0.3 is 0 Å². The molecular weight excluding hydrogens is 310 g/mol. The van der Waals surface area contributed by atoms with E-state index in [1.54, 1.807) is 24.3 Å². The number of nitrogens with one attached hydrogen (secondary N) is 2. The molecule has 2 aromatic carbocycles. The third-order valence-corrected chi connectivity index (χ3v) is 3.50. The van der Waals surface area contributed by atoms with Gasteiger partial charge in [0.25, 0.3) is 5.91 Å². The van der Waals surface area contributed by atoms with Crippen molar-refractivity contribution in [3.63, 3.8) is 0 Å². The van der Waals surface area contributed by atoms with Gasteiger partial charge < -0.3 is 21.1 Å². The van der Waals surface area contributed by atoms with Crippen molar-refractivity contribution in [2.45, 2.75) is 12.5 Å². The highest BCUT2D eigenvalue weighted by atomic mass is 16.5. The lowest BCUT2D eigenvalue weighted by atomic mass is 10.1. The molecular formula is C17H15N3O4. The van der Waals surface area contributed by atoms with Gasteiger partial charge in [-0.3, -0.25) is 14.4 Å². The van der Waals surface area contributed by atoms with Gasteiger partial charge in [0.1, 0.15) is 17.5 Å². The van der Waals surface area contributed by atoms with E-state index in [0.717, 1.165) is 0 Å². The zero-order valence-corrected chi connectivity index (χ0v) is 12.6. The van der Waals surface area contributed by atoms with Crippen molar-refractivity contribution in [2.24, 2.45) is 5.73 Å². The fraction of sp³-hybridized carbons (Fsp3) is 0.118. The molecule has 3 rings (SSSR count). The number of amides is 3. The van der Waals surface area contributed by atoms with Crippen LogP contribution in [-0.4, -0.2) is 23.8 Å². The first-order valence-electron chi connectivity index (χ1n) is 7.30. The molecule has 0 saturated carbocycles. The Kier molecular flexibility index (Phi) is 4.15. The summed E-state index contributed by atoms with van der Waals surface area (Å²) < 4.78 is 5.68. The molecule has 2 aromatic rings. The zero-order chi connectivity index (χ0) is 17.1. The Morgan fingerprint density at radius 3 is 2.54 bits per heavy atom. The molecule has 0 aromatic heterocycles. The van der Waals surface area contributed by atoms with Crippen molar-refractivity contribution < 1.29 is 19.1 Å². The number of carbonyl (C=O) groups is 3. The number of benzene rings is 2. The SMILES string of the molecule is NC(=O)CC1NC(=O)c2cc(Oc3ccccc3)ccc2NC1=O. The topological polar surface area (TPSA) is 111 Å². The van der Waals surface area contributed by atoms with Crippen LogP contribution in [0, 0.1) is 0 Å². The Bertz CT molecular complexity index is 805. The summed E-state index contributed by atoms with van der Waals surface area (Å²) >= 11 is 0. The Morgan fingerprint density at radius 1 is 1.08 bits per heavy atom. The lowest BCUT2D eigenvalue weighted by molar-refractivity contribution is -0.123. The number of hydrogen-bond acceptors (Lipinski definition) is 4. The molecule has 1 heterocycles. The lowest BCUT2D eigenvalue weighted by Gasteiger charge is -2.11. The second-order valence-electron chi connectivity index (χ2n) is 5.31.